The zero-order valence-corrected chi connectivity index (χ0v) is 29.1. The van der Waals surface area contributed by atoms with Crippen LogP contribution in [0.25, 0.3) is 16.9 Å². The van der Waals surface area contributed by atoms with Crippen LogP contribution in [-0.4, -0.2) is 86.2 Å². The van der Waals surface area contributed by atoms with Crippen LogP contribution in [0.4, 0.5) is 23.0 Å². The van der Waals surface area contributed by atoms with Gasteiger partial charge in [-0.3, -0.25) is 19.3 Å². The molecule has 13 heteroatoms. The summed E-state index contributed by atoms with van der Waals surface area (Å²) in [6.07, 6.45) is 8.60. The first-order valence-corrected chi connectivity index (χ1v) is 17.9. The van der Waals surface area contributed by atoms with Crippen molar-refractivity contribution in [2.24, 2.45) is 0 Å². The highest BCUT2D eigenvalue weighted by atomic mass is 16.3. The Bertz CT molecular complexity index is 2130. The molecule has 1 atom stereocenters. The summed E-state index contributed by atoms with van der Waals surface area (Å²) in [4.78, 5) is 54.8. The van der Waals surface area contributed by atoms with Gasteiger partial charge < -0.3 is 20.6 Å². The summed E-state index contributed by atoms with van der Waals surface area (Å²) in [5.74, 6) is 0.859. The van der Waals surface area contributed by atoms with Crippen LogP contribution in [0.2, 0.25) is 0 Å². The summed E-state index contributed by atoms with van der Waals surface area (Å²) >= 11 is 0. The van der Waals surface area contributed by atoms with Crippen molar-refractivity contribution in [3.05, 3.63) is 106 Å². The molecule has 0 amide bonds. The summed E-state index contributed by atoms with van der Waals surface area (Å²) in [5, 5.41) is 17.4. The fourth-order valence-electron chi connectivity index (χ4n) is 7.09. The maximum atomic E-state index is 13.3. The van der Waals surface area contributed by atoms with Crippen LogP contribution in [-0.2, 0) is 13.0 Å². The van der Waals surface area contributed by atoms with E-state index >= 15 is 0 Å². The first kappa shape index (κ1) is 34.8. The number of hydrogen-bond acceptors (Lipinski definition) is 11. The molecule has 5 aromatic rings. The minimum absolute atomic E-state index is 0.240. The standard InChI is InChI=1S/C39H43N9O4/c1-2-18-47-38(52)31-24-41-39(44-37(31)48(47)35-16-10-27-9-15-34(51)36(27)43-35)42-29-11-13-30(14-12-29)46-22-20-45(21-23-46)19-5-3-4-17-40-33-8-6-7-28(25-49)32(33)26-50/h2,6-8,10-14,16,24-26,34,40,51H,1,3-5,9,15,17-23H2,(H,41,42,44). The Kier molecular flexibility index (Phi) is 10.5. The Balaban J connectivity index is 0.925. The number of hydrogen-bond donors (Lipinski definition) is 3. The smallest absolute Gasteiger partial charge is 0.278 e. The number of benzene rings is 2. The maximum absolute atomic E-state index is 13.3. The topological polar surface area (TPSA) is 151 Å². The fraction of sp³-hybridized carbons (Fsp3) is 0.333. The van der Waals surface area contributed by atoms with E-state index < -0.39 is 6.10 Å². The number of aliphatic hydroxyl groups excluding tert-OH is 1. The zero-order chi connectivity index (χ0) is 36.0. The van der Waals surface area contributed by atoms with Crippen LogP contribution in [0.5, 0.6) is 0 Å². The van der Waals surface area contributed by atoms with E-state index in [4.69, 9.17) is 9.97 Å². The molecule has 7 rings (SSSR count). The molecule has 3 N–H and O–H groups in total. The molecule has 1 unspecified atom stereocenters. The Labute approximate surface area is 301 Å². The number of nitrogens with zero attached hydrogens (tertiary/aromatic N) is 7. The SMILES string of the molecule is C=CCn1c(=O)c2cnc(Nc3ccc(N4CCN(CCCCCNc5cccc(C=O)c5C=O)CC4)cc3)nc2n1-c1ccc2c(n1)C(O)CC2. The molecule has 0 saturated carbocycles. The summed E-state index contributed by atoms with van der Waals surface area (Å²) in [6.45, 7) is 9.78. The van der Waals surface area contributed by atoms with Crippen molar-refractivity contribution < 1.29 is 14.7 Å². The van der Waals surface area contributed by atoms with Crippen LogP contribution in [0.15, 0.2) is 78.2 Å². The third kappa shape index (κ3) is 7.23. The summed E-state index contributed by atoms with van der Waals surface area (Å²) in [5.41, 5.74) is 5.36. The number of carbonyl (C=O) groups is 2. The third-order valence-electron chi connectivity index (χ3n) is 9.91. The Morgan fingerprint density at radius 3 is 2.54 bits per heavy atom. The molecule has 1 saturated heterocycles. The van der Waals surface area contributed by atoms with Gasteiger partial charge in [-0.15, -0.1) is 6.58 Å². The van der Waals surface area contributed by atoms with Gasteiger partial charge in [0.25, 0.3) is 5.56 Å². The van der Waals surface area contributed by atoms with Crippen molar-refractivity contribution in [3.63, 3.8) is 0 Å². The van der Waals surface area contributed by atoms with Gasteiger partial charge in [0, 0.05) is 67.1 Å². The molecule has 2 aromatic carbocycles. The number of nitrogens with one attached hydrogen (secondary N) is 2. The second-order valence-corrected chi connectivity index (χ2v) is 13.2. The molecule has 13 nitrogen and oxygen atoms in total. The fourth-order valence-corrected chi connectivity index (χ4v) is 7.09. The van der Waals surface area contributed by atoms with Gasteiger partial charge in [-0.2, -0.15) is 4.98 Å². The predicted octanol–water partition coefficient (Wildman–Crippen LogP) is 4.92. The van der Waals surface area contributed by atoms with Gasteiger partial charge in [0.1, 0.15) is 5.39 Å². The number of aromatic nitrogens is 5. The summed E-state index contributed by atoms with van der Waals surface area (Å²) in [6, 6.07) is 17.3. The van der Waals surface area contributed by atoms with Crippen molar-refractivity contribution in [2.75, 3.05) is 54.8 Å². The van der Waals surface area contributed by atoms with Crippen LogP contribution < -0.4 is 21.1 Å². The molecular formula is C39H43N9O4. The first-order chi connectivity index (χ1) is 25.5. The molecule has 0 spiro atoms. The second kappa shape index (κ2) is 15.7. The lowest BCUT2D eigenvalue weighted by Gasteiger charge is -2.36. The number of unbranched alkanes of at least 4 members (excludes halogenated alkanes) is 2. The largest absolute Gasteiger partial charge is 0.387 e. The van der Waals surface area contributed by atoms with Crippen molar-refractivity contribution in [2.45, 2.75) is 44.8 Å². The van der Waals surface area contributed by atoms with E-state index in [0.29, 0.717) is 58.0 Å². The van der Waals surface area contributed by atoms with Crippen molar-refractivity contribution in [1.82, 2.24) is 29.2 Å². The normalized spacial score (nSPS) is 15.8. The van der Waals surface area contributed by atoms with Gasteiger partial charge in [0.2, 0.25) is 5.95 Å². The Morgan fingerprint density at radius 2 is 1.77 bits per heavy atom. The molecule has 3 aromatic heterocycles. The highest BCUT2D eigenvalue weighted by molar-refractivity contribution is 5.95. The molecule has 1 aliphatic heterocycles. The number of fused-ring (bicyclic) bond motifs is 2. The molecule has 0 radical (unpaired) electrons. The second-order valence-electron chi connectivity index (χ2n) is 13.2. The van der Waals surface area contributed by atoms with Crippen molar-refractivity contribution >= 4 is 46.6 Å². The summed E-state index contributed by atoms with van der Waals surface area (Å²) < 4.78 is 3.21. The molecule has 2 aliphatic rings. The van der Waals surface area contributed by atoms with Gasteiger partial charge in [-0.1, -0.05) is 30.7 Å². The number of aliphatic hydroxyl groups is 1. The molecule has 1 aliphatic carbocycles. The van der Waals surface area contributed by atoms with E-state index in [9.17, 15) is 19.5 Å². The van der Waals surface area contributed by atoms with Gasteiger partial charge in [0.15, 0.2) is 24.0 Å². The predicted molar refractivity (Wildman–Crippen MR) is 202 cm³/mol. The molecule has 0 bridgehead atoms. The minimum Gasteiger partial charge on any atom is -0.387 e. The van der Waals surface area contributed by atoms with Crippen molar-refractivity contribution in [1.29, 1.82) is 0 Å². The van der Waals surface area contributed by atoms with E-state index in [1.807, 2.05) is 30.3 Å². The van der Waals surface area contributed by atoms with Crippen LogP contribution in [0, 0.1) is 0 Å². The highest BCUT2D eigenvalue weighted by Gasteiger charge is 2.25. The van der Waals surface area contributed by atoms with E-state index in [-0.39, 0.29) is 12.1 Å². The number of aryl methyl sites for hydroxylation is 1. The molecule has 52 heavy (non-hydrogen) atoms. The monoisotopic (exact) mass is 701 g/mol. The Hall–Kier alpha value is -5.66. The third-order valence-corrected chi connectivity index (χ3v) is 9.91. The lowest BCUT2D eigenvalue weighted by atomic mass is 10.1. The van der Waals surface area contributed by atoms with Crippen molar-refractivity contribution in [3.8, 4) is 5.82 Å². The van der Waals surface area contributed by atoms with Crippen LogP contribution in [0.1, 0.15) is 63.8 Å². The van der Waals surface area contributed by atoms with Gasteiger partial charge in [0.05, 0.1) is 18.3 Å². The number of aldehydes is 2. The lowest BCUT2D eigenvalue weighted by molar-refractivity contribution is 0.109. The number of rotatable bonds is 15. The maximum Gasteiger partial charge on any atom is 0.278 e. The quantitative estimate of drug-likeness (QED) is 0.0776. The Morgan fingerprint density at radius 1 is 0.942 bits per heavy atom. The van der Waals surface area contributed by atoms with E-state index in [2.05, 4.69) is 44.1 Å². The van der Waals surface area contributed by atoms with E-state index in [1.54, 1.807) is 22.9 Å². The van der Waals surface area contributed by atoms with E-state index in [0.717, 1.165) is 88.2 Å². The molecule has 4 heterocycles. The zero-order valence-electron chi connectivity index (χ0n) is 29.1. The number of carbonyl (C=O) groups excluding carboxylic acids is 2. The van der Waals surface area contributed by atoms with Gasteiger partial charge in [-0.25, -0.2) is 19.3 Å². The highest BCUT2D eigenvalue weighted by Crippen LogP contribution is 2.30. The molecule has 268 valence electrons. The molecule has 1 fully saturated rings. The lowest BCUT2D eigenvalue weighted by Crippen LogP contribution is -2.46. The van der Waals surface area contributed by atoms with Gasteiger partial charge >= 0.3 is 0 Å². The summed E-state index contributed by atoms with van der Waals surface area (Å²) in [7, 11) is 0. The first-order valence-electron chi connectivity index (χ1n) is 17.9. The van der Waals surface area contributed by atoms with Gasteiger partial charge in [-0.05, 0) is 74.2 Å². The minimum atomic E-state index is -0.624. The average molecular weight is 702 g/mol. The number of allylic oxidation sites excluding steroid dienone is 1. The van der Waals surface area contributed by atoms with E-state index in [1.165, 1.54) is 10.9 Å². The van der Waals surface area contributed by atoms with Crippen LogP contribution in [0.3, 0.4) is 0 Å². The number of pyridine rings is 1. The average Bonchev–Trinajstić information content (AvgIpc) is 3.68. The number of anilines is 4. The number of piperazine rings is 1. The molecular weight excluding hydrogens is 658 g/mol. The van der Waals surface area contributed by atoms with Crippen LogP contribution >= 0.6 is 0 Å².